The second kappa shape index (κ2) is 5.05. The maximum atomic E-state index is 6.10. The highest BCUT2D eigenvalue weighted by molar-refractivity contribution is 8.01. The van der Waals surface area contributed by atoms with Crippen molar-refractivity contribution in [3.05, 3.63) is 11.5 Å². The fraction of sp³-hybridized carbons (Fsp3) is 0.500. The maximum absolute atomic E-state index is 6.10. The van der Waals surface area contributed by atoms with Crippen molar-refractivity contribution in [1.29, 1.82) is 0 Å². The van der Waals surface area contributed by atoms with Gasteiger partial charge in [0.15, 0.2) is 4.34 Å². The summed E-state index contributed by atoms with van der Waals surface area (Å²) in [5, 5.41) is 5.38. The molecule has 0 saturated heterocycles. The van der Waals surface area contributed by atoms with Crippen LogP contribution in [0.3, 0.4) is 0 Å². The molecule has 2 aromatic heterocycles. The summed E-state index contributed by atoms with van der Waals surface area (Å²) in [7, 11) is 1.91. The van der Waals surface area contributed by atoms with E-state index < -0.39 is 0 Å². The molecule has 0 saturated carbocycles. The van der Waals surface area contributed by atoms with Crippen molar-refractivity contribution in [2.45, 2.75) is 36.1 Å². The van der Waals surface area contributed by atoms with E-state index in [0.29, 0.717) is 0 Å². The molecule has 7 heteroatoms. The SMILES string of the molecule is CCCc1nn(C)c(Sc2nc(C)ns2)c1N. The summed E-state index contributed by atoms with van der Waals surface area (Å²) < 4.78 is 6.88. The Morgan fingerprint density at radius 3 is 2.82 bits per heavy atom. The number of aryl methyl sites for hydroxylation is 3. The smallest absolute Gasteiger partial charge is 0.176 e. The van der Waals surface area contributed by atoms with E-state index in [1.807, 2.05) is 18.7 Å². The average molecular weight is 269 g/mol. The molecule has 0 atom stereocenters. The minimum atomic E-state index is 0.771. The van der Waals surface area contributed by atoms with Crippen molar-refractivity contribution < 1.29 is 0 Å². The molecule has 0 spiro atoms. The van der Waals surface area contributed by atoms with Crippen molar-refractivity contribution in [2.24, 2.45) is 7.05 Å². The highest BCUT2D eigenvalue weighted by Crippen LogP contribution is 2.34. The zero-order chi connectivity index (χ0) is 12.4. The lowest BCUT2D eigenvalue weighted by Gasteiger charge is -1.99. The Balaban J connectivity index is 2.26. The van der Waals surface area contributed by atoms with Crippen molar-refractivity contribution in [1.82, 2.24) is 19.1 Å². The molecule has 5 nitrogen and oxygen atoms in total. The van der Waals surface area contributed by atoms with Crippen LogP contribution in [0.5, 0.6) is 0 Å². The third-order valence-corrected chi connectivity index (χ3v) is 4.31. The molecule has 2 rings (SSSR count). The van der Waals surface area contributed by atoms with Gasteiger partial charge in [-0.15, -0.1) is 0 Å². The van der Waals surface area contributed by atoms with E-state index >= 15 is 0 Å². The van der Waals surface area contributed by atoms with Crippen LogP contribution in [-0.2, 0) is 13.5 Å². The van der Waals surface area contributed by atoms with Crippen molar-refractivity contribution in [3.8, 4) is 0 Å². The predicted molar refractivity (Wildman–Crippen MR) is 70.4 cm³/mol. The molecule has 17 heavy (non-hydrogen) atoms. The molecule has 0 amide bonds. The average Bonchev–Trinajstić information content (AvgIpc) is 2.79. The largest absolute Gasteiger partial charge is 0.395 e. The van der Waals surface area contributed by atoms with Crippen LogP contribution in [0.2, 0.25) is 0 Å². The van der Waals surface area contributed by atoms with Crippen LogP contribution in [0.1, 0.15) is 24.9 Å². The molecule has 0 aliphatic heterocycles. The molecular weight excluding hydrogens is 254 g/mol. The summed E-state index contributed by atoms with van der Waals surface area (Å²) in [6, 6.07) is 0. The normalized spacial score (nSPS) is 11.0. The Bertz CT molecular complexity index is 517. The van der Waals surface area contributed by atoms with E-state index in [-0.39, 0.29) is 0 Å². The molecule has 92 valence electrons. The van der Waals surface area contributed by atoms with Gasteiger partial charge in [0, 0.05) is 7.05 Å². The molecule has 0 bridgehead atoms. The van der Waals surface area contributed by atoms with Gasteiger partial charge in [0.2, 0.25) is 0 Å². The van der Waals surface area contributed by atoms with E-state index in [4.69, 9.17) is 5.73 Å². The minimum absolute atomic E-state index is 0.771. The Labute approximate surface area is 109 Å². The van der Waals surface area contributed by atoms with Crippen LogP contribution in [0.15, 0.2) is 9.37 Å². The summed E-state index contributed by atoms with van der Waals surface area (Å²) in [5.74, 6) is 0.798. The Morgan fingerprint density at radius 2 is 2.24 bits per heavy atom. The lowest BCUT2D eigenvalue weighted by Crippen LogP contribution is -1.93. The van der Waals surface area contributed by atoms with Gasteiger partial charge in [0.05, 0.1) is 11.4 Å². The summed E-state index contributed by atoms with van der Waals surface area (Å²) in [6.45, 7) is 4.00. The molecule has 0 aromatic carbocycles. The standard InChI is InChI=1S/C10H15N5S2/c1-4-5-7-8(11)9(15(3)13-7)16-10-12-6(2)14-17-10/h4-5,11H2,1-3H3. The Morgan fingerprint density at radius 1 is 1.47 bits per heavy atom. The van der Waals surface area contributed by atoms with Gasteiger partial charge < -0.3 is 5.73 Å². The van der Waals surface area contributed by atoms with Crippen LogP contribution < -0.4 is 5.73 Å². The van der Waals surface area contributed by atoms with Gasteiger partial charge in [-0.1, -0.05) is 13.3 Å². The third-order valence-electron chi connectivity index (χ3n) is 2.29. The molecule has 2 heterocycles. The summed E-state index contributed by atoms with van der Waals surface area (Å²) >= 11 is 2.92. The van der Waals surface area contributed by atoms with Crippen molar-refractivity contribution in [2.75, 3.05) is 5.73 Å². The van der Waals surface area contributed by atoms with Gasteiger partial charge in [0.25, 0.3) is 0 Å². The highest BCUT2D eigenvalue weighted by atomic mass is 32.2. The van der Waals surface area contributed by atoms with E-state index in [0.717, 1.165) is 39.4 Å². The summed E-state index contributed by atoms with van der Waals surface area (Å²) in [4.78, 5) is 4.32. The first-order chi connectivity index (χ1) is 8.11. The lowest BCUT2D eigenvalue weighted by atomic mass is 10.2. The first-order valence-electron chi connectivity index (χ1n) is 5.41. The molecular formula is C10H15N5S2. The van der Waals surface area contributed by atoms with Crippen LogP contribution in [0.25, 0.3) is 0 Å². The van der Waals surface area contributed by atoms with Crippen LogP contribution in [-0.4, -0.2) is 19.1 Å². The molecule has 2 aromatic rings. The first-order valence-corrected chi connectivity index (χ1v) is 7.00. The van der Waals surface area contributed by atoms with Gasteiger partial charge in [-0.2, -0.15) is 9.47 Å². The highest BCUT2D eigenvalue weighted by Gasteiger charge is 2.15. The molecule has 2 N–H and O–H groups in total. The predicted octanol–water partition coefficient (Wildman–Crippen LogP) is 2.27. The van der Waals surface area contributed by atoms with Crippen LogP contribution in [0.4, 0.5) is 5.69 Å². The van der Waals surface area contributed by atoms with Crippen LogP contribution in [0, 0.1) is 6.92 Å². The molecule has 0 fully saturated rings. The number of nitrogens with two attached hydrogens (primary N) is 1. The number of hydrogen-bond donors (Lipinski definition) is 1. The number of nitrogens with zero attached hydrogens (tertiary/aromatic N) is 4. The zero-order valence-electron chi connectivity index (χ0n) is 10.1. The maximum Gasteiger partial charge on any atom is 0.176 e. The van der Waals surface area contributed by atoms with Crippen molar-refractivity contribution >= 4 is 29.0 Å². The fourth-order valence-electron chi connectivity index (χ4n) is 1.52. The quantitative estimate of drug-likeness (QED) is 0.922. The second-order valence-electron chi connectivity index (χ2n) is 3.75. The van der Waals surface area contributed by atoms with Gasteiger partial charge in [-0.05, 0) is 36.6 Å². The Hall–Kier alpha value is -1.08. The van der Waals surface area contributed by atoms with Gasteiger partial charge >= 0.3 is 0 Å². The summed E-state index contributed by atoms with van der Waals surface area (Å²) in [6.07, 6.45) is 1.96. The number of aromatic nitrogens is 4. The molecule has 0 aliphatic carbocycles. The topological polar surface area (TPSA) is 69.6 Å². The summed E-state index contributed by atoms with van der Waals surface area (Å²) in [5.41, 5.74) is 7.84. The first kappa shape index (κ1) is 12.4. The number of anilines is 1. The van der Waals surface area contributed by atoms with Crippen molar-refractivity contribution in [3.63, 3.8) is 0 Å². The van der Waals surface area contributed by atoms with Crippen LogP contribution >= 0.6 is 23.3 Å². The van der Waals surface area contributed by atoms with E-state index in [2.05, 4.69) is 21.4 Å². The lowest BCUT2D eigenvalue weighted by molar-refractivity contribution is 0.681. The number of nitrogen functional groups attached to an aromatic ring is 1. The third kappa shape index (κ3) is 2.61. The monoisotopic (exact) mass is 269 g/mol. The minimum Gasteiger partial charge on any atom is -0.395 e. The van der Waals surface area contributed by atoms with E-state index in [9.17, 15) is 0 Å². The van der Waals surface area contributed by atoms with E-state index in [1.54, 1.807) is 0 Å². The number of rotatable bonds is 4. The van der Waals surface area contributed by atoms with E-state index in [1.165, 1.54) is 23.3 Å². The molecule has 0 unspecified atom stereocenters. The second-order valence-corrected chi connectivity index (χ2v) is 5.74. The Kier molecular flexibility index (Phi) is 3.68. The number of hydrogen-bond acceptors (Lipinski definition) is 6. The van der Waals surface area contributed by atoms with Gasteiger partial charge in [-0.25, -0.2) is 4.98 Å². The molecule has 0 radical (unpaired) electrons. The molecule has 0 aliphatic rings. The van der Waals surface area contributed by atoms with Gasteiger partial charge in [-0.3, -0.25) is 4.68 Å². The van der Waals surface area contributed by atoms with Gasteiger partial charge in [0.1, 0.15) is 10.9 Å². The zero-order valence-corrected chi connectivity index (χ0v) is 11.7. The fourth-order valence-corrected chi connectivity index (χ4v) is 3.19.